The highest BCUT2D eigenvalue weighted by Crippen LogP contribution is 2.76. The number of ether oxygens (including phenoxy) is 8. The molecule has 3 aromatic heterocycles. The number of carbonyl (C=O) groups excluding carboxylic acids is 9. The number of aromatic carboxylic acids is 1. The number of rotatable bonds is 47. The maximum Gasteiger partial charge on any atom is 0.409 e. The van der Waals surface area contributed by atoms with E-state index in [2.05, 4.69) is 43.8 Å². The van der Waals surface area contributed by atoms with Crippen LogP contribution in [-0.4, -0.2) is 237 Å². The molecule has 116 heavy (non-hydrogen) atoms. The van der Waals surface area contributed by atoms with Gasteiger partial charge in [0.25, 0.3) is 17.7 Å². The van der Waals surface area contributed by atoms with Crippen molar-refractivity contribution < 1.29 is 90.9 Å². The van der Waals surface area contributed by atoms with E-state index in [0.717, 1.165) is 57.6 Å². The van der Waals surface area contributed by atoms with Crippen LogP contribution in [0, 0.1) is 29.6 Å². The number of benzene rings is 3. The van der Waals surface area contributed by atoms with Gasteiger partial charge in [-0.1, -0.05) is 68.5 Å². The first-order chi connectivity index (χ1) is 55.9. The average Bonchev–Trinajstić information content (AvgIpc) is 1.51. The van der Waals surface area contributed by atoms with Crippen molar-refractivity contribution in [3.63, 3.8) is 0 Å². The standard InChI is InChI=1S/C82H106N14O19S/c1-53(2)71(91-68(98)25-31-108-34-37-111-40-41-112-38-35-109-32-27-84-67(97)24-29-95-69(99)21-22-70(95)100)75(103)88-64(13-9-26-85-77(83)106)74(102)87-58-17-15-55(16-18-58)48-114-79(107)93(5)30-33-110-36-39-113-42-43-115-82-45-57-44-81(57,51-82)49-80(4,50-82)52-96-54(3)61(46-86-96)59-19-20-66(90-72(59)76(104)105)94-28-23-56-10-8-11-60(62(56)47-94)73(101)92-78-89-63-12-6-7-14-65(63)116-78/h6-8,10-12,14-22,46,53,57,64,71H,9,13,23-45,47-52H2,1-5H3,(H,84,97)(H,87,102)(H,88,103)(H,91,98)(H,104,105)(H3,83,85,106)(H,89,92,101)/t57?,64-,71-,80?,81?,82?/m0/s1. The van der Waals surface area contributed by atoms with Crippen molar-refractivity contribution in [2.75, 3.05) is 141 Å². The molecule has 2 aliphatic heterocycles. The Morgan fingerprint density at radius 1 is 0.716 bits per heavy atom. The summed E-state index contributed by atoms with van der Waals surface area (Å²) in [4.78, 5) is 141. The Balaban J connectivity index is 0.540. The van der Waals surface area contributed by atoms with Gasteiger partial charge in [0, 0.05) is 106 Å². The lowest BCUT2D eigenvalue weighted by Crippen LogP contribution is -2.54. The fourth-order valence-electron chi connectivity index (χ4n) is 15.9. The van der Waals surface area contributed by atoms with E-state index in [1.807, 2.05) is 71.1 Å². The zero-order valence-electron chi connectivity index (χ0n) is 66.4. The van der Waals surface area contributed by atoms with Crippen LogP contribution in [0.3, 0.4) is 0 Å². The molecule has 6 aromatic rings. The number of imide groups is 1. The number of anilines is 3. The van der Waals surface area contributed by atoms with Gasteiger partial charge < -0.3 is 85.1 Å². The molecular formula is C82H106N14O19S. The van der Waals surface area contributed by atoms with Crippen molar-refractivity contribution in [2.24, 2.45) is 28.4 Å². The number of likely N-dealkylation sites (N-methyl/N-ethyl adjacent to an activating group) is 1. The van der Waals surface area contributed by atoms with Gasteiger partial charge in [0.15, 0.2) is 10.8 Å². The molecule has 3 saturated carbocycles. The molecule has 3 fully saturated rings. The maximum absolute atomic E-state index is 13.8. The number of carbonyl (C=O) groups is 10. The first kappa shape index (κ1) is 86.5. The minimum Gasteiger partial charge on any atom is -0.476 e. The first-order valence-electron chi connectivity index (χ1n) is 39.5. The molecule has 1 spiro atoms. The third kappa shape index (κ3) is 23.9. The van der Waals surface area contributed by atoms with Crippen molar-refractivity contribution in [1.82, 2.24) is 50.8 Å². The summed E-state index contributed by atoms with van der Waals surface area (Å²) in [5.41, 5.74) is 11.4. The van der Waals surface area contributed by atoms with E-state index in [1.54, 1.807) is 51.4 Å². The summed E-state index contributed by atoms with van der Waals surface area (Å²) in [5.74, 6) is -3.39. The second kappa shape index (κ2) is 41.0. The van der Waals surface area contributed by atoms with E-state index in [9.17, 15) is 53.1 Å². The topological polar surface area (TPSA) is 416 Å². The number of aromatic nitrogens is 4. The molecule has 0 saturated heterocycles. The number of hydrogen-bond donors (Lipinski definition) is 8. The molecule has 3 aromatic carbocycles. The van der Waals surface area contributed by atoms with Gasteiger partial charge in [-0.15, -0.1) is 0 Å². The number of nitrogens with two attached hydrogens (primary N) is 1. The summed E-state index contributed by atoms with van der Waals surface area (Å²) < 4.78 is 49.2. The number of urea groups is 1. The van der Waals surface area contributed by atoms with Crippen LogP contribution in [0.1, 0.15) is 122 Å². The lowest BCUT2D eigenvalue weighted by atomic mass is 9.65. The number of carboxylic acids is 1. The predicted octanol–water partition coefficient (Wildman–Crippen LogP) is 6.93. The second-order valence-electron chi connectivity index (χ2n) is 30.7. The zero-order valence-corrected chi connectivity index (χ0v) is 67.2. The van der Waals surface area contributed by atoms with Gasteiger partial charge in [-0.3, -0.25) is 48.5 Å². The number of primary amides is 1. The summed E-state index contributed by atoms with van der Waals surface area (Å²) in [6, 6.07) is 21.0. The van der Waals surface area contributed by atoms with Gasteiger partial charge in [-0.2, -0.15) is 5.10 Å². The van der Waals surface area contributed by atoms with Crippen molar-refractivity contribution in [3.8, 4) is 11.1 Å². The number of nitrogens with one attached hydrogen (secondary N) is 6. The molecule has 11 rings (SSSR count). The smallest absolute Gasteiger partial charge is 0.409 e. The molecule has 4 unspecified atom stereocenters. The summed E-state index contributed by atoms with van der Waals surface area (Å²) in [7, 11) is 1.61. The number of para-hydroxylation sites is 1. The monoisotopic (exact) mass is 1620 g/mol. The van der Waals surface area contributed by atoms with Gasteiger partial charge in [0.05, 0.1) is 108 Å². The number of fused-ring (bicyclic) bond motifs is 3. The first-order valence-corrected chi connectivity index (χ1v) is 40.3. The lowest BCUT2D eigenvalue weighted by molar-refractivity contribution is -0.137. The number of hydrogen-bond acceptors (Lipinski definition) is 23. The van der Waals surface area contributed by atoms with Crippen molar-refractivity contribution >= 4 is 97.6 Å². The third-order valence-corrected chi connectivity index (χ3v) is 22.5. The molecule has 9 N–H and O–H groups in total. The molecule has 2 bridgehead atoms. The molecule has 10 amide bonds. The van der Waals surface area contributed by atoms with Gasteiger partial charge in [0.2, 0.25) is 23.6 Å². The van der Waals surface area contributed by atoms with Gasteiger partial charge in [-0.25, -0.2) is 24.4 Å². The Bertz CT molecular complexity index is 4450. The minimum atomic E-state index is -1.14. The minimum absolute atomic E-state index is 0.00340. The van der Waals surface area contributed by atoms with E-state index in [0.29, 0.717) is 117 Å². The quantitative estimate of drug-likeness (QED) is 0.0142. The predicted molar refractivity (Wildman–Crippen MR) is 428 cm³/mol. The third-order valence-electron chi connectivity index (χ3n) is 21.5. The van der Waals surface area contributed by atoms with Gasteiger partial charge in [0.1, 0.15) is 24.5 Å². The lowest BCUT2D eigenvalue weighted by Gasteiger charge is -2.47. The fourth-order valence-corrected chi connectivity index (χ4v) is 16.7. The van der Waals surface area contributed by atoms with Gasteiger partial charge >= 0.3 is 18.1 Å². The molecule has 6 atom stereocenters. The molecule has 624 valence electrons. The summed E-state index contributed by atoms with van der Waals surface area (Å²) in [6.07, 6.45) is 9.64. The van der Waals surface area contributed by atoms with E-state index in [1.165, 1.54) is 34.8 Å². The highest BCUT2D eigenvalue weighted by molar-refractivity contribution is 7.22. The molecule has 5 aliphatic rings. The van der Waals surface area contributed by atoms with Crippen LogP contribution >= 0.6 is 11.3 Å². The average molecular weight is 1620 g/mol. The van der Waals surface area contributed by atoms with Crippen LogP contribution < -0.4 is 42.5 Å². The molecule has 0 radical (unpaired) electrons. The van der Waals surface area contributed by atoms with Crippen LogP contribution in [0.4, 0.5) is 26.2 Å². The second-order valence-corrected chi connectivity index (χ2v) is 31.7. The number of pyridine rings is 1. The van der Waals surface area contributed by atoms with E-state index >= 15 is 0 Å². The Morgan fingerprint density at radius 2 is 1.41 bits per heavy atom. The van der Waals surface area contributed by atoms with Crippen molar-refractivity contribution in [3.05, 3.63) is 131 Å². The molecule has 3 aliphatic carbocycles. The van der Waals surface area contributed by atoms with Crippen LogP contribution in [0.2, 0.25) is 0 Å². The fraction of sp³-hybridized carbons (Fsp3) is 0.524. The van der Waals surface area contributed by atoms with E-state index in [-0.39, 0.29) is 138 Å². The Kier molecular flexibility index (Phi) is 30.6. The molecule has 5 heterocycles. The SMILES string of the molecule is Cc1c(-c2ccc(N3CCc4cccc(C(=O)Nc5nc6ccccc6s5)c4C3)nc2C(=O)O)cnn1CC1(C)CC2(OCCOCCOCCN(C)C(=O)OCc3ccc(NC(=O)[C@H](CCCNC(N)=O)NC(=O)[C@@H](NC(=O)CCOCCOCCOCCOCCNC(=O)CCN4C(=O)C=CC4=O)C(C)C)cc3)CC3CC3(C1)C2. The van der Waals surface area contributed by atoms with E-state index < -0.39 is 59.7 Å². The van der Waals surface area contributed by atoms with Crippen LogP contribution in [-0.2, 0) is 92.8 Å². The molecular weight excluding hydrogens is 1520 g/mol. The van der Waals surface area contributed by atoms with Crippen LogP contribution in [0.5, 0.6) is 0 Å². The van der Waals surface area contributed by atoms with Crippen molar-refractivity contribution in [1.29, 1.82) is 0 Å². The maximum atomic E-state index is 13.8. The highest BCUT2D eigenvalue weighted by atomic mass is 32.1. The number of thiazole rings is 1. The summed E-state index contributed by atoms with van der Waals surface area (Å²) in [5, 5.41) is 32.5. The van der Waals surface area contributed by atoms with Crippen LogP contribution in [0.15, 0.2) is 97.2 Å². The normalized spacial score (nSPS) is 19.0. The zero-order chi connectivity index (χ0) is 82.4. The van der Waals surface area contributed by atoms with Crippen molar-refractivity contribution in [2.45, 2.75) is 129 Å². The largest absolute Gasteiger partial charge is 0.476 e. The van der Waals surface area contributed by atoms with Gasteiger partial charge in [-0.05, 0) is 140 Å². The van der Waals surface area contributed by atoms with E-state index in [4.69, 9.17) is 53.7 Å². The number of carboxylic acid groups (broad SMARTS) is 1. The Labute approximate surface area is 677 Å². The summed E-state index contributed by atoms with van der Waals surface area (Å²) in [6.45, 7) is 13.7. The Hall–Kier alpha value is -10.3. The number of amides is 10. The van der Waals surface area contributed by atoms with Crippen LogP contribution in [0.25, 0.3) is 21.3 Å². The highest BCUT2D eigenvalue weighted by Gasteiger charge is 2.71. The molecule has 33 nitrogen and oxygen atoms in total. The Morgan fingerprint density at radius 3 is 2.12 bits per heavy atom. The number of nitrogens with zero attached hydrogens (tertiary/aromatic N) is 7. The summed E-state index contributed by atoms with van der Waals surface area (Å²) >= 11 is 1.42. The molecule has 34 heteroatoms.